The second kappa shape index (κ2) is 9.52. The van der Waals surface area contributed by atoms with Gasteiger partial charge in [-0.2, -0.15) is 4.98 Å². The molecule has 0 radical (unpaired) electrons. The SMILES string of the molecule is Cl.Nc1nc(Nc2ccc(CC(=O)O)cc2)ncc1-c1ccccc1CC(=O)O. The first-order chi connectivity index (χ1) is 13.4. The van der Waals surface area contributed by atoms with E-state index in [1.165, 1.54) is 0 Å². The molecule has 0 atom stereocenters. The standard InChI is InChI=1S/C20H18N4O4.ClH/c21-19-16(15-4-2-1-3-13(15)10-18(27)28)11-22-20(24-19)23-14-7-5-12(6-8-14)9-17(25)26;/h1-8,11H,9-10H2,(H,25,26)(H,27,28)(H3,21,22,23,24);1H. The summed E-state index contributed by atoms with van der Waals surface area (Å²) in [6.45, 7) is 0. The fraction of sp³-hybridized carbons (Fsp3) is 0.100. The van der Waals surface area contributed by atoms with Crippen LogP contribution in [0.1, 0.15) is 11.1 Å². The molecule has 150 valence electrons. The zero-order chi connectivity index (χ0) is 20.1. The number of carboxylic acid groups (broad SMARTS) is 2. The maximum atomic E-state index is 11.1. The van der Waals surface area contributed by atoms with E-state index in [0.29, 0.717) is 27.9 Å². The molecule has 1 heterocycles. The lowest BCUT2D eigenvalue weighted by molar-refractivity contribution is -0.137. The van der Waals surface area contributed by atoms with Gasteiger partial charge in [-0.25, -0.2) is 4.98 Å². The highest BCUT2D eigenvalue weighted by atomic mass is 35.5. The predicted molar refractivity (Wildman–Crippen MR) is 112 cm³/mol. The smallest absolute Gasteiger partial charge is 0.307 e. The summed E-state index contributed by atoms with van der Waals surface area (Å²) in [6.07, 6.45) is 1.37. The normalized spacial score (nSPS) is 10.1. The van der Waals surface area contributed by atoms with Crippen LogP contribution in [0.3, 0.4) is 0 Å². The second-order valence-electron chi connectivity index (χ2n) is 6.11. The molecule has 5 N–H and O–H groups in total. The van der Waals surface area contributed by atoms with Gasteiger partial charge in [-0.15, -0.1) is 12.4 Å². The van der Waals surface area contributed by atoms with Gasteiger partial charge in [0.05, 0.1) is 12.8 Å². The van der Waals surface area contributed by atoms with Crippen molar-refractivity contribution in [2.75, 3.05) is 11.1 Å². The van der Waals surface area contributed by atoms with Crippen molar-refractivity contribution >= 4 is 41.8 Å². The summed E-state index contributed by atoms with van der Waals surface area (Å²) in [7, 11) is 0. The van der Waals surface area contributed by atoms with Crippen molar-refractivity contribution in [1.29, 1.82) is 0 Å². The van der Waals surface area contributed by atoms with Gasteiger partial charge in [0.25, 0.3) is 0 Å². The number of nitrogen functional groups attached to an aromatic ring is 1. The largest absolute Gasteiger partial charge is 0.481 e. The van der Waals surface area contributed by atoms with Gasteiger partial charge in [-0.1, -0.05) is 36.4 Å². The number of hydrogen-bond acceptors (Lipinski definition) is 6. The number of halogens is 1. The number of hydrogen-bond donors (Lipinski definition) is 4. The Bertz CT molecular complexity index is 1030. The van der Waals surface area contributed by atoms with Gasteiger partial charge in [0.15, 0.2) is 0 Å². The molecule has 3 aromatic rings. The molecule has 0 unspecified atom stereocenters. The highest BCUT2D eigenvalue weighted by Crippen LogP contribution is 2.28. The Hall–Kier alpha value is -3.65. The van der Waals surface area contributed by atoms with Gasteiger partial charge < -0.3 is 21.3 Å². The molecule has 1 aromatic heterocycles. The topological polar surface area (TPSA) is 138 Å². The summed E-state index contributed by atoms with van der Waals surface area (Å²) in [5, 5.41) is 20.9. The van der Waals surface area contributed by atoms with Crippen molar-refractivity contribution in [2.24, 2.45) is 0 Å². The first kappa shape index (κ1) is 21.6. The van der Waals surface area contributed by atoms with E-state index < -0.39 is 11.9 Å². The van der Waals surface area contributed by atoms with Gasteiger partial charge in [0.1, 0.15) is 5.82 Å². The summed E-state index contributed by atoms with van der Waals surface area (Å²) < 4.78 is 0. The van der Waals surface area contributed by atoms with Crippen LogP contribution < -0.4 is 11.1 Å². The third-order valence-corrected chi connectivity index (χ3v) is 4.03. The van der Waals surface area contributed by atoms with E-state index in [4.69, 9.17) is 15.9 Å². The number of rotatable bonds is 7. The molecule has 2 aromatic carbocycles. The van der Waals surface area contributed by atoms with Crippen LogP contribution in [-0.4, -0.2) is 32.1 Å². The Morgan fingerprint density at radius 3 is 2.21 bits per heavy atom. The van der Waals surface area contributed by atoms with Crippen molar-refractivity contribution in [1.82, 2.24) is 9.97 Å². The fourth-order valence-electron chi connectivity index (χ4n) is 2.77. The van der Waals surface area contributed by atoms with E-state index in [0.717, 1.165) is 0 Å². The van der Waals surface area contributed by atoms with Gasteiger partial charge in [0, 0.05) is 17.4 Å². The molecule has 29 heavy (non-hydrogen) atoms. The van der Waals surface area contributed by atoms with Crippen LogP contribution in [0.5, 0.6) is 0 Å². The van der Waals surface area contributed by atoms with Crippen molar-refractivity contribution in [3.05, 3.63) is 65.9 Å². The lowest BCUT2D eigenvalue weighted by atomic mass is 9.99. The minimum atomic E-state index is -0.934. The Balaban J connectivity index is 0.00000300. The highest BCUT2D eigenvalue weighted by molar-refractivity contribution is 5.85. The van der Waals surface area contributed by atoms with Crippen molar-refractivity contribution < 1.29 is 19.8 Å². The molecular weight excluding hydrogens is 396 g/mol. The number of nitrogens with one attached hydrogen (secondary N) is 1. The summed E-state index contributed by atoms with van der Waals surface area (Å²) in [6, 6.07) is 13.9. The third kappa shape index (κ3) is 5.66. The number of aromatic nitrogens is 2. The number of carboxylic acids is 2. The van der Waals surface area contributed by atoms with Crippen molar-refractivity contribution in [2.45, 2.75) is 12.8 Å². The molecule has 3 rings (SSSR count). The molecule has 0 saturated heterocycles. The van der Waals surface area contributed by atoms with Crippen LogP contribution in [0.2, 0.25) is 0 Å². The Morgan fingerprint density at radius 1 is 0.931 bits per heavy atom. The van der Waals surface area contributed by atoms with Gasteiger partial charge in [-0.3, -0.25) is 9.59 Å². The van der Waals surface area contributed by atoms with Crippen LogP contribution in [0, 0.1) is 0 Å². The maximum absolute atomic E-state index is 11.1. The van der Waals surface area contributed by atoms with E-state index in [9.17, 15) is 9.59 Å². The van der Waals surface area contributed by atoms with Gasteiger partial charge >= 0.3 is 11.9 Å². The molecule has 0 spiro atoms. The number of benzene rings is 2. The van der Waals surface area contributed by atoms with Crippen LogP contribution in [0.25, 0.3) is 11.1 Å². The molecule has 0 aliphatic heterocycles. The Kier molecular flexibility index (Phi) is 7.10. The molecule has 0 fully saturated rings. The zero-order valence-corrected chi connectivity index (χ0v) is 16.0. The summed E-state index contributed by atoms with van der Waals surface area (Å²) in [4.78, 5) is 30.3. The first-order valence-electron chi connectivity index (χ1n) is 8.42. The van der Waals surface area contributed by atoms with Crippen LogP contribution in [0.4, 0.5) is 17.5 Å². The summed E-state index contributed by atoms with van der Waals surface area (Å²) in [5.74, 6) is -1.33. The molecule has 9 heteroatoms. The van der Waals surface area contributed by atoms with Crippen molar-refractivity contribution in [3.8, 4) is 11.1 Å². The lowest BCUT2D eigenvalue weighted by Gasteiger charge is -2.11. The minimum absolute atomic E-state index is 0. The third-order valence-electron chi connectivity index (χ3n) is 4.03. The quantitative estimate of drug-likeness (QED) is 0.462. The first-order valence-corrected chi connectivity index (χ1v) is 8.42. The highest BCUT2D eigenvalue weighted by Gasteiger charge is 2.13. The van der Waals surface area contributed by atoms with Crippen LogP contribution in [-0.2, 0) is 22.4 Å². The van der Waals surface area contributed by atoms with E-state index >= 15 is 0 Å². The second-order valence-corrected chi connectivity index (χ2v) is 6.11. The molecule has 0 aliphatic rings. The van der Waals surface area contributed by atoms with E-state index in [-0.39, 0.29) is 37.0 Å². The van der Waals surface area contributed by atoms with Gasteiger partial charge in [0.2, 0.25) is 5.95 Å². The molecule has 0 amide bonds. The summed E-state index contributed by atoms with van der Waals surface area (Å²) in [5.41, 5.74) is 9.31. The molecule has 0 saturated carbocycles. The monoisotopic (exact) mass is 414 g/mol. The zero-order valence-electron chi connectivity index (χ0n) is 15.2. The predicted octanol–water partition coefficient (Wildman–Crippen LogP) is 3.15. The number of nitrogens with two attached hydrogens (primary N) is 1. The average Bonchev–Trinajstić information content (AvgIpc) is 2.63. The average molecular weight is 415 g/mol. The van der Waals surface area contributed by atoms with E-state index in [1.54, 1.807) is 54.7 Å². The minimum Gasteiger partial charge on any atom is -0.481 e. The number of aliphatic carboxylic acids is 2. The maximum Gasteiger partial charge on any atom is 0.307 e. The number of nitrogens with zero attached hydrogens (tertiary/aromatic N) is 2. The van der Waals surface area contributed by atoms with Gasteiger partial charge in [-0.05, 0) is 28.8 Å². The van der Waals surface area contributed by atoms with Crippen LogP contribution >= 0.6 is 12.4 Å². The Morgan fingerprint density at radius 2 is 1.59 bits per heavy atom. The van der Waals surface area contributed by atoms with Crippen molar-refractivity contribution in [3.63, 3.8) is 0 Å². The summed E-state index contributed by atoms with van der Waals surface area (Å²) >= 11 is 0. The number of anilines is 3. The molecular formula is C20H19ClN4O4. The molecule has 8 nitrogen and oxygen atoms in total. The van der Waals surface area contributed by atoms with E-state index in [1.807, 2.05) is 0 Å². The molecule has 0 bridgehead atoms. The molecule has 0 aliphatic carbocycles. The fourth-order valence-corrected chi connectivity index (χ4v) is 2.77. The van der Waals surface area contributed by atoms with E-state index in [2.05, 4.69) is 15.3 Å². The van der Waals surface area contributed by atoms with Crippen LogP contribution in [0.15, 0.2) is 54.7 Å². The number of carbonyl (C=O) groups is 2. The lowest BCUT2D eigenvalue weighted by Crippen LogP contribution is -2.05. The Labute approximate surface area is 172 Å².